The van der Waals surface area contributed by atoms with Gasteiger partial charge in [-0.1, -0.05) is 17.7 Å². The maximum Gasteiger partial charge on any atom is 0.416 e. The Hall–Kier alpha value is -3.87. The van der Waals surface area contributed by atoms with Crippen LogP contribution in [-0.4, -0.2) is 51.8 Å². The molecular formula is C26H25ClF3N7O2. The van der Waals surface area contributed by atoms with Gasteiger partial charge in [-0.15, -0.1) is 0 Å². The van der Waals surface area contributed by atoms with E-state index >= 15 is 0 Å². The van der Waals surface area contributed by atoms with Gasteiger partial charge in [0.1, 0.15) is 11.8 Å². The van der Waals surface area contributed by atoms with E-state index in [2.05, 4.69) is 25.6 Å². The van der Waals surface area contributed by atoms with Gasteiger partial charge in [-0.25, -0.2) is 14.3 Å². The predicted octanol–water partition coefficient (Wildman–Crippen LogP) is 5.44. The number of nitrogens with one attached hydrogen (secondary N) is 2. The Morgan fingerprint density at radius 1 is 1.10 bits per heavy atom. The Labute approximate surface area is 226 Å². The number of morpholine rings is 1. The fourth-order valence-corrected chi connectivity index (χ4v) is 4.66. The highest BCUT2D eigenvalue weighted by molar-refractivity contribution is 6.33. The first-order chi connectivity index (χ1) is 18.6. The van der Waals surface area contributed by atoms with Gasteiger partial charge < -0.3 is 21.1 Å². The minimum Gasteiger partial charge on any atom is -0.382 e. The van der Waals surface area contributed by atoms with E-state index < -0.39 is 17.8 Å². The molecule has 9 nitrogen and oxygen atoms in total. The zero-order valence-corrected chi connectivity index (χ0v) is 21.6. The first-order valence-electron chi connectivity index (χ1n) is 12.1. The summed E-state index contributed by atoms with van der Waals surface area (Å²) in [6.07, 6.45) is -3.15. The molecule has 0 saturated carbocycles. The first-order valence-corrected chi connectivity index (χ1v) is 12.4. The highest BCUT2D eigenvalue weighted by atomic mass is 35.5. The van der Waals surface area contributed by atoms with Gasteiger partial charge in [-0.05, 0) is 54.4 Å². The van der Waals surface area contributed by atoms with Crippen molar-refractivity contribution >= 4 is 40.3 Å². The van der Waals surface area contributed by atoms with Crippen molar-refractivity contribution in [2.24, 2.45) is 0 Å². The number of urea groups is 1. The lowest BCUT2D eigenvalue weighted by Gasteiger charge is -2.26. The van der Waals surface area contributed by atoms with E-state index in [4.69, 9.17) is 22.1 Å². The van der Waals surface area contributed by atoms with E-state index in [0.717, 1.165) is 53.7 Å². The van der Waals surface area contributed by atoms with Crippen molar-refractivity contribution in [3.63, 3.8) is 0 Å². The van der Waals surface area contributed by atoms with Gasteiger partial charge in [-0.3, -0.25) is 4.90 Å². The number of nitrogens with two attached hydrogens (primary N) is 1. The molecule has 0 unspecified atom stereocenters. The van der Waals surface area contributed by atoms with Crippen LogP contribution in [0.2, 0.25) is 5.02 Å². The highest BCUT2D eigenvalue weighted by Crippen LogP contribution is 2.35. The number of anilines is 3. The molecule has 0 radical (unpaired) electrons. The van der Waals surface area contributed by atoms with Crippen LogP contribution in [-0.2, 0) is 17.5 Å². The Morgan fingerprint density at radius 2 is 1.85 bits per heavy atom. The number of ether oxygens (including phenoxy) is 1. The topological polar surface area (TPSA) is 110 Å². The van der Waals surface area contributed by atoms with E-state index in [9.17, 15) is 18.0 Å². The van der Waals surface area contributed by atoms with Gasteiger partial charge in [0.15, 0.2) is 5.82 Å². The molecule has 1 saturated heterocycles. The summed E-state index contributed by atoms with van der Waals surface area (Å²) < 4.78 is 46.4. The number of fused-ring (bicyclic) bond motifs is 1. The number of benzene rings is 2. The predicted molar refractivity (Wildman–Crippen MR) is 143 cm³/mol. The largest absolute Gasteiger partial charge is 0.416 e. The van der Waals surface area contributed by atoms with Crippen LogP contribution in [0.25, 0.3) is 16.6 Å². The fourth-order valence-electron chi connectivity index (χ4n) is 4.50. The highest BCUT2D eigenvalue weighted by Gasteiger charge is 2.31. The van der Waals surface area contributed by atoms with Crippen LogP contribution in [0.3, 0.4) is 0 Å². The number of aromatic nitrogens is 3. The monoisotopic (exact) mass is 559 g/mol. The molecule has 0 aliphatic carbocycles. The zero-order chi connectivity index (χ0) is 27.7. The third kappa shape index (κ3) is 5.77. The van der Waals surface area contributed by atoms with Crippen LogP contribution in [0.15, 0.2) is 48.8 Å². The number of nitrogen functional groups attached to an aromatic ring is 1. The number of aryl methyl sites for hydroxylation is 1. The van der Waals surface area contributed by atoms with Crippen LogP contribution in [0, 0.1) is 6.92 Å². The standard InChI is InChI=1S/C26H25ClF3N7O2/c1-15-10-16(2-5-21(15)34-25(38)35-22-11-17(26(28,29)30)3-4-20(22)27)19-12-18(13-36-6-8-39-9-7-36)37-23(19)24(31)32-14-33-37/h2-5,10-12,14H,6-9,13H2,1H3,(H2,31,32,33)(H2,34,35,38). The average Bonchev–Trinajstić information content (AvgIpc) is 3.26. The third-order valence-corrected chi connectivity index (χ3v) is 6.80. The van der Waals surface area contributed by atoms with Gasteiger partial charge in [0.05, 0.1) is 35.2 Å². The summed E-state index contributed by atoms with van der Waals surface area (Å²) in [4.78, 5) is 19.0. The van der Waals surface area contributed by atoms with Crippen LogP contribution in [0.4, 0.5) is 35.2 Å². The Morgan fingerprint density at radius 3 is 2.56 bits per heavy atom. The second kappa shape index (κ2) is 10.7. The molecule has 4 aromatic rings. The maximum atomic E-state index is 13.1. The number of carbonyl (C=O) groups excluding carboxylic acids is 1. The lowest BCUT2D eigenvalue weighted by atomic mass is 10.0. The molecule has 1 fully saturated rings. The van der Waals surface area contributed by atoms with Gasteiger partial charge in [0.25, 0.3) is 0 Å². The first kappa shape index (κ1) is 26.7. The summed E-state index contributed by atoms with van der Waals surface area (Å²) in [7, 11) is 0. The summed E-state index contributed by atoms with van der Waals surface area (Å²) in [6, 6.07) is 9.44. The number of alkyl halides is 3. The lowest BCUT2D eigenvalue weighted by molar-refractivity contribution is -0.137. The minimum atomic E-state index is -4.57. The summed E-state index contributed by atoms with van der Waals surface area (Å²) in [5.74, 6) is 0.338. The van der Waals surface area contributed by atoms with E-state index in [1.807, 2.05) is 25.1 Å². The van der Waals surface area contributed by atoms with Crippen molar-refractivity contribution in [1.82, 2.24) is 19.5 Å². The summed E-state index contributed by atoms with van der Waals surface area (Å²) in [6.45, 7) is 5.46. The molecule has 13 heteroatoms. The molecular weight excluding hydrogens is 535 g/mol. The molecule has 1 aliphatic heterocycles. The number of hydrogen-bond acceptors (Lipinski definition) is 6. The van der Waals surface area contributed by atoms with Crippen molar-refractivity contribution in [2.75, 3.05) is 42.7 Å². The molecule has 5 rings (SSSR count). The molecule has 0 bridgehead atoms. The zero-order valence-electron chi connectivity index (χ0n) is 20.8. The fraction of sp³-hybridized carbons (Fsp3) is 0.269. The number of halogens is 4. The molecule has 3 heterocycles. The van der Waals surface area contributed by atoms with Crippen LogP contribution >= 0.6 is 11.6 Å². The number of amides is 2. The Kier molecular flexibility index (Phi) is 7.34. The molecule has 4 N–H and O–H groups in total. The molecule has 1 aliphatic rings. The van der Waals surface area contributed by atoms with Crippen LogP contribution in [0.5, 0.6) is 0 Å². The molecule has 0 atom stereocenters. The minimum absolute atomic E-state index is 0.0153. The maximum absolute atomic E-state index is 13.1. The normalized spacial score (nSPS) is 14.5. The van der Waals surface area contributed by atoms with Crippen molar-refractivity contribution in [1.29, 1.82) is 0 Å². The van der Waals surface area contributed by atoms with Crippen molar-refractivity contribution < 1.29 is 22.7 Å². The second-order valence-corrected chi connectivity index (χ2v) is 9.55. The van der Waals surface area contributed by atoms with E-state index in [-0.39, 0.29) is 10.7 Å². The summed E-state index contributed by atoms with van der Waals surface area (Å²) in [5.41, 5.74) is 9.68. The SMILES string of the molecule is Cc1cc(-c2cc(CN3CCOCC3)n3ncnc(N)c23)ccc1NC(=O)Nc1cc(C(F)(F)F)ccc1Cl. The molecule has 2 aromatic carbocycles. The Balaban J connectivity index is 1.38. The van der Waals surface area contributed by atoms with Gasteiger partial charge >= 0.3 is 12.2 Å². The Bertz CT molecular complexity index is 1530. The number of carbonyl (C=O) groups is 1. The number of nitrogens with zero attached hydrogens (tertiary/aromatic N) is 4. The molecule has 2 amide bonds. The smallest absolute Gasteiger partial charge is 0.382 e. The van der Waals surface area contributed by atoms with E-state index in [1.54, 1.807) is 10.6 Å². The summed E-state index contributed by atoms with van der Waals surface area (Å²) >= 11 is 6.00. The average molecular weight is 560 g/mol. The van der Waals surface area contributed by atoms with Crippen molar-refractivity contribution in [3.8, 4) is 11.1 Å². The van der Waals surface area contributed by atoms with Gasteiger partial charge in [0, 0.05) is 30.9 Å². The van der Waals surface area contributed by atoms with E-state index in [0.29, 0.717) is 36.8 Å². The molecule has 2 aromatic heterocycles. The third-order valence-electron chi connectivity index (χ3n) is 6.47. The quantitative estimate of drug-likeness (QED) is 0.301. The number of hydrogen-bond donors (Lipinski definition) is 3. The van der Waals surface area contributed by atoms with E-state index in [1.165, 1.54) is 6.33 Å². The summed E-state index contributed by atoms with van der Waals surface area (Å²) in [5, 5.41) is 9.46. The number of rotatable bonds is 5. The molecule has 204 valence electrons. The second-order valence-electron chi connectivity index (χ2n) is 9.14. The van der Waals surface area contributed by atoms with Gasteiger partial charge in [0.2, 0.25) is 0 Å². The van der Waals surface area contributed by atoms with Gasteiger partial charge in [-0.2, -0.15) is 18.3 Å². The van der Waals surface area contributed by atoms with Crippen LogP contribution in [0.1, 0.15) is 16.8 Å². The lowest BCUT2D eigenvalue weighted by Crippen LogP contribution is -2.36. The molecule has 39 heavy (non-hydrogen) atoms. The van der Waals surface area contributed by atoms with Crippen LogP contribution < -0.4 is 16.4 Å². The van der Waals surface area contributed by atoms with Crippen molar-refractivity contribution in [2.45, 2.75) is 19.6 Å². The molecule has 0 spiro atoms. The van der Waals surface area contributed by atoms with Crippen molar-refractivity contribution in [3.05, 3.63) is 70.6 Å².